The third-order valence-corrected chi connectivity index (χ3v) is 3.43. The number of carbonyl (C=O) groups excluding carboxylic acids is 2. The number of carbonyl (C=O) groups is 2. The van der Waals surface area contributed by atoms with Crippen LogP contribution in [-0.2, 0) is 11.2 Å². The number of amides is 3. The number of nitrogens with one attached hydrogen (secondary N) is 2. The second-order valence-electron chi connectivity index (χ2n) is 5.37. The molecule has 5 nitrogen and oxygen atoms in total. The van der Waals surface area contributed by atoms with Gasteiger partial charge in [0.25, 0.3) is 0 Å². The lowest BCUT2D eigenvalue weighted by Crippen LogP contribution is -2.50. The van der Waals surface area contributed by atoms with E-state index in [1.54, 1.807) is 0 Å². The molecule has 1 aliphatic rings. The quantitative estimate of drug-likeness (QED) is 0.882. The Morgan fingerprint density at radius 3 is 2.60 bits per heavy atom. The molecule has 0 spiro atoms. The smallest absolute Gasteiger partial charge is 0.321 e. The molecule has 0 radical (unpaired) electrons. The van der Waals surface area contributed by atoms with Gasteiger partial charge in [-0.1, -0.05) is 18.2 Å². The Kier molecular flexibility index (Phi) is 4.27. The van der Waals surface area contributed by atoms with Crippen LogP contribution in [0.15, 0.2) is 24.3 Å². The van der Waals surface area contributed by atoms with Crippen molar-refractivity contribution in [1.82, 2.24) is 10.6 Å². The standard InChI is InChI=1S/C15H21N3O2/c1-10(2)16-15(20)17-14(19)11(3)18-9-8-12-6-4-5-7-13(12)18/h4-7,10-11H,8-9H2,1-3H3,(H2,16,17,19,20). The lowest BCUT2D eigenvalue weighted by molar-refractivity contribution is -0.120. The number of urea groups is 1. The zero-order valence-electron chi connectivity index (χ0n) is 12.1. The lowest BCUT2D eigenvalue weighted by Gasteiger charge is -2.26. The predicted molar refractivity (Wildman–Crippen MR) is 78.8 cm³/mol. The average molecular weight is 275 g/mol. The van der Waals surface area contributed by atoms with Crippen LogP contribution in [0.2, 0.25) is 0 Å². The summed E-state index contributed by atoms with van der Waals surface area (Å²) in [6.45, 7) is 6.33. The van der Waals surface area contributed by atoms with Crippen molar-refractivity contribution >= 4 is 17.6 Å². The van der Waals surface area contributed by atoms with Crippen molar-refractivity contribution in [3.8, 4) is 0 Å². The van der Waals surface area contributed by atoms with Crippen molar-refractivity contribution in [2.24, 2.45) is 0 Å². The Bertz CT molecular complexity index is 514. The molecular formula is C15H21N3O2. The number of rotatable bonds is 3. The fraction of sp³-hybridized carbons (Fsp3) is 0.467. The van der Waals surface area contributed by atoms with Crippen LogP contribution < -0.4 is 15.5 Å². The maximum Gasteiger partial charge on any atom is 0.321 e. The summed E-state index contributed by atoms with van der Waals surface area (Å²) in [4.78, 5) is 25.7. The van der Waals surface area contributed by atoms with Crippen molar-refractivity contribution < 1.29 is 9.59 Å². The molecular weight excluding hydrogens is 254 g/mol. The summed E-state index contributed by atoms with van der Waals surface area (Å²) in [5, 5.41) is 5.04. The molecule has 1 atom stereocenters. The second-order valence-corrected chi connectivity index (χ2v) is 5.37. The zero-order valence-corrected chi connectivity index (χ0v) is 12.1. The number of benzene rings is 1. The number of hydrogen-bond acceptors (Lipinski definition) is 3. The van der Waals surface area contributed by atoms with Gasteiger partial charge in [-0.25, -0.2) is 4.79 Å². The molecule has 1 heterocycles. The Labute approximate surface area is 119 Å². The zero-order chi connectivity index (χ0) is 14.7. The number of hydrogen-bond donors (Lipinski definition) is 2. The van der Waals surface area contributed by atoms with Crippen LogP contribution >= 0.6 is 0 Å². The molecule has 3 amide bonds. The van der Waals surface area contributed by atoms with Gasteiger partial charge in [0.15, 0.2) is 0 Å². The van der Waals surface area contributed by atoms with Gasteiger partial charge in [0, 0.05) is 18.3 Å². The van der Waals surface area contributed by atoms with Gasteiger partial charge < -0.3 is 10.2 Å². The van der Waals surface area contributed by atoms with Crippen molar-refractivity contribution in [1.29, 1.82) is 0 Å². The van der Waals surface area contributed by atoms with Crippen LogP contribution in [0.5, 0.6) is 0 Å². The minimum Gasteiger partial charge on any atom is -0.359 e. The number of imide groups is 1. The first-order chi connectivity index (χ1) is 9.49. The van der Waals surface area contributed by atoms with Crippen molar-refractivity contribution in [2.75, 3.05) is 11.4 Å². The van der Waals surface area contributed by atoms with E-state index in [0.29, 0.717) is 0 Å². The highest BCUT2D eigenvalue weighted by Gasteiger charge is 2.28. The Balaban J connectivity index is 2.00. The minimum absolute atomic E-state index is 0.00520. The fourth-order valence-electron chi connectivity index (χ4n) is 2.42. The molecule has 0 bridgehead atoms. The summed E-state index contributed by atoms with van der Waals surface area (Å²) in [6.07, 6.45) is 0.936. The van der Waals surface area contributed by atoms with E-state index in [2.05, 4.69) is 16.7 Å². The van der Waals surface area contributed by atoms with E-state index in [1.165, 1.54) is 5.56 Å². The van der Waals surface area contributed by atoms with Crippen LogP contribution in [-0.4, -0.2) is 30.6 Å². The van der Waals surface area contributed by atoms with Crippen LogP contribution in [0.25, 0.3) is 0 Å². The predicted octanol–water partition coefficient (Wildman–Crippen LogP) is 1.67. The summed E-state index contributed by atoms with van der Waals surface area (Å²) in [7, 11) is 0. The molecule has 1 aromatic rings. The van der Waals surface area contributed by atoms with Gasteiger partial charge >= 0.3 is 6.03 Å². The van der Waals surface area contributed by atoms with E-state index in [-0.39, 0.29) is 18.0 Å². The molecule has 2 N–H and O–H groups in total. The third kappa shape index (κ3) is 3.10. The van der Waals surface area contributed by atoms with E-state index in [4.69, 9.17) is 0 Å². The van der Waals surface area contributed by atoms with Crippen molar-refractivity contribution in [2.45, 2.75) is 39.3 Å². The second kappa shape index (κ2) is 5.94. The summed E-state index contributed by atoms with van der Waals surface area (Å²) in [6, 6.07) is 7.26. The molecule has 0 saturated heterocycles. The largest absolute Gasteiger partial charge is 0.359 e. The highest BCUT2D eigenvalue weighted by molar-refractivity contribution is 5.98. The molecule has 0 aromatic heterocycles. The summed E-state index contributed by atoms with van der Waals surface area (Å²) in [5.74, 6) is -0.278. The topological polar surface area (TPSA) is 61.4 Å². The first-order valence-corrected chi connectivity index (χ1v) is 6.95. The highest BCUT2D eigenvalue weighted by Crippen LogP contribution is 2.29. The van der Waals surface area contributed by atoms with Gasteiger partial charge in [0.05, 0.1) is 0 Å². The Hall–Kier alpha value is -2.04. The van der Waals surface area contributed by atoms with Gasteiger partial charge in [-0.05, 0) is 38.8 Å². The minimum atomic E-state index is -0.440. The van der Waals surface area contributed by atoms with E-state index in [9.17, 15) is 9.59 Å². The van der Waals surface area contributed by atoms with Gasteiger partial charge in [0.1, 0.15) is 6.04 Å². The van der Waals surface area contributed by atoms with Crippen LogP contribution in [0.1, 0.15) is 26.3 Å². The summed E-state index contributed by atoms with van der Waals surface area (Å²) in [5.41, 5.74) is 2.33. The van der Waals surface area contributed by atoms with E-state index in [0.717, 1.165) is 18.7 Å². The molecule has 0 fully saturated rings. The highest BCUT2D eigenvalue weighted by atomic mass is 16.2. The van der Waals surface area contributed by atoms with E-state index in [1.807, 2.05) is 43.9 Å². The van der Waals surface area contributed by atoms with Gasteiger partial charge in [-0.2, -0.15) is 0 Å². The first-order valence-electron chi connectivity index (χ1n) is 6.95. The Morgan fingerprint density at radius 2 is 1.90 bits per heavy atom. The number of nitrogens with zero attached hydrogens (tertiary/aromatic N) is 1. The molecule has 0 aliphatic carbocycles. The molecule has 1 aliphatic heterocycles. The fourth-order valence-corrected chi connectivity index (χ4v) is 2.42. The van der Waals surface area contributed by atoms with Crippen molar-refractivity contribution in [3.05, 3.63) is 29.8 Å². The normalized spacial score (nSPS) is 14.9. The van der Waals surface area contributed by atoms with E-state index >= 15 is 0 Å². The number of para-hydroxylation sites is 1. The maximum atomic E-state index is 12.1. The molecule has 108 valence electrons. The molecule has 1 unspecified atom stereocenters. The third-order valence-electron chi connectivity index (χ3n) is 3.43. The van der Waals surface area contributed by atoms with Crippen LogP contribution in [0, 0.1) is 0 Å². The average Bonchev–Trinajstić information content (AvgIpc) is 2.80. The Morgan fingerprint density at radius 1 is 1.20 bits per heavy atom. The summed E-state index contributed by atoms with van der Waals surface area (Å²) < 4.78 is 0. The van der Waals surface area contributed by atoms with Crippen molar-refractivity contribution in [3.63, 3.8) is 0 Å². The van der Waals surface area contributed by atoms with Crippen LogP contribution in [0.3, 0.4) is 0 Å². The first kappa shape index (κ1) is 14.4. The molecule has 0 saturated carbocycles. The number of fused-ring (bicyclic) bond motifs is 1. The molecule has 1 aromatic carbocycles. The van der Waals surface area contributed by atoms with Gasteiger partial charge in [-0.3, -0.25) is 10.1 Å². The lowest BCUT2D eigenvalue weighted by atomic mass is 10.2. The van der Waals surface area contributed by atoms with E-state index < -0.39 is 6.03 Å². The molecule has 2 rings (SSSR count). The van der Waals surface area contributed by atoms with Gasteiger partial charge in [0.2, 0.25) is 5.91 Å². The SMILES string of the molecule is CC(C)NC(=O)NC(=O)C(C)N1CCc2ccccc21. The molecule has 20 heavy (non-hydrogen) atoms. The monoisotopic (exact) mass is 275 g/mol. The maximum absolute atomic E-state index is 12.1. The van der Waals surface area contributed by atoms with Crippen LogP contribution in [0.4, 0.5) is 10.5 Å². The molecule has 5 heteroatoms. The van der Waals surface area contributed by atoms with Gasteiger partial charge in [-0.15, -0.1) is 0 Å². The number of anilines is 1. The summed E-state index contributed by atoms with van der Waals surface area (Å²) >= 11 is 0.